The Balaban J connectivity index is 2.30. The average molecular weight is 395 g/mol. The number of aliphatic carboxylic acids is 1. The summed E-state index contributed by atoms with van der Waals surface area (Å²) in [5.74, 6) is -1.12. The van der Waals surface area contributed by atoms with Gasteiger partial charge in [-0.15, -0.1) is 0 Å². The van der Waals surface area contributed by atoms with Gasteiger partial charge in [0, 0.05) is 21.4 Å². The van der Waals surface area contributed by atoms with Crippen LogP contribution < -0.4 is 4.90 Å². The van der Waals surface area contributed by atoms with Gasteiger partial charge in [-0.25, -0.2) is 0 Å². The lowest BCUT2D eigenvalue weighted by molar-refractivity contribution is -0.136. The van der Waals surface area contributed by atoms with Crippen molar-refractivity contribution in [2.45, 2.75) is 6.42 Å². The predicted molar refractivity (Wildman–Crippen MR) is 89.5 cm³/mol. The fraction of sp³-hybridized carbons (Fsp3) is 0.125. The summed E-state index contributed by atoms with van der Waals surface area (Å²) in [4.78, 5) is 24.9. The zero-order chi connectivity index (χ0) is 15.2. The van der Waals surface area contributed by atoms with Crippen molar-refractivity contribution in [3.8, 4) is 0 Å². The first-order valence-corrected chi connectivity index (χ1v) is 7.50. The Bertz CT molecular complexity index is 643. The van der Waals surface area contributed by atoms with Crippen molar-refractivity contribution in [1.82, 2.24) is 0 Å². The number of halogens is 1. The van der Waals surface area contributed by atoms with E-state index in [0.717, 1.165) is 3.57 Å². The molecule has 0 aliphatic rings. The first-order valence-electron chi connectivity index (χ1n) is 6.42. The Hall–Kier alpha value is -1.89. The molecule has 0 aromatic heterocycles. The van der Waals surface area contributed by atoms with E-state index in [2.05, 4.69) is 22.6 Å². The van der Waals surface area contributed by atoms with Crippen LogP contribution in [0.5, 0.6) is 0 Å². The number of nitrogens with zero attached hydrogens (tertiary/aromatic N) is 1. The van der Waals surface area contributed by atoms with Crippen molar-refractivity contribution in [1.29, 1.82) is 0 Å². The second-order valence-corrected chi connectivity index (χ2v) is 5.69. The monoisotopic (exact) mass is 395 g/mol. The van der Waals surface area contributed by atoms with Crippen LogP contribution in [0.1, 0.15) is 16.8 Å². The molecule has 0 bridgehead atoms. The lowest BCUT2D eigenvalue weighted by Gasteiger charge is -2.22. The number of rotatable bonds is 5. The highest BCUT2D eigenvalue weighted by Crippen LogP contribution is 2.18. The Kier molecular flexibility index (Phi) is 5.32. The smallest absolute Gasteiger partial charge is 0.305 e. The minimum atomic E-state index is -0.925. The molecular weight excluding hydrogens is 381 g/mol. The van der Waals surface area contributed by atoms with E-state index in [1.54, 1.807) is 24.3 Å². The number of hydrogen-bond acceptors (Lipinski definition) is 2. The summed E-state index contributed by atoms with van der Waals surface area (Å²) in [5, 5.41) is 8.87. The summed E-state index contributed by atoms with van der Waals surface area (Å²) < 4.78 is 0.963. The number of carbonyl (C=O) groups excluding carboxylic acids is 1. The maximum atomic E-state index is 12.6. The van der Waals surface area contributed by atoms with E-state index >= 15 is 0 Å². The fourth-order valence-electron chi connectivity index (χ4n) is 1.94. The number of carboxylic acid groups (broad SMARTS) is 1. The van der Waals surface area contributed by atoms with E-state index in [1.165, 1.54) is 4.90 Å². The van der Waals surface area contributed by atoms with Crippen molar-refractivity contribution >= 4 is 40.2 Å². The van der Waals surface area contributed by atoms with Gasteiger partial charge in [-0.2, -0.15) is 0 Å². The highest BCUT2D eigenvalue weighted by atomic mass is 127. The molecule has 4 nitrogen and oxygen atoms in total. The van der Waals surface area contributed by atoms with Gasteiger partial charge in [0.1, 0.15) is 0 Å². The molecule has 0 spiro atoms. The Morgan fingerprint density at radius 1 is 1.05 bits per heavy atom. The van der Waals surface area contributed by atoms with Crippen molar-refractivity contribution in [3.63, 3.8) is 0 Å². The highest BCUT2D eigenvalue weighted by Gasteiger charge is 2.18. The molecule has 1 N–H and O–H groups in total. The Morgan fingerprint density at radius 2 is 1.76 bits per heavy atom. The first-order chi connectivity index (χ1) is 10.1. The summed E-state index contributed by atoms with van der Waals surface area (Å²) in [6, 6.07) is 16.4. The quantitative estimate of drug-likeness (QED) is 0.790. The largest absolute Gasteiger partial charge is 0.481 e. The third kappa shape index (κ3) is 4.29. The van der Waals surface area contributed by atoms with Crippen LogP contribution in [0, 0.1) is 3.57 Å². The SMILES string of the molecule is O=C(O)CCN(C(=O)c1cccc(I)c1)c1ccccc1. The van der Waals surface area contributed by atoms with E-state index in [0.29, 0.717) is 11.3 Å². The summed E-state index contributed by atoms with van der Waals surface area (Å²) >= 11 is 2.14. The zero-order valence-corrected chi connectivity index (χ0v) is 13.4. The molecule has 0 heterocycles. The van der Waals surface area contributed by atoms with Crippen LogP contribution in [0.4, 0.5) is 5.69 Å². The number of carboxylic acids is 1. The minimum Gasteiger partial charge on any atom is -0.481 e. The standard InChI is InChI=1S/C16H14INO3/c17-13-6-4-5-12(11-13)16(21)18(10-9-15(19)20)14-7-2-1-3-8-14/h1-8,11H,9-10H2,(H,19,20). The Morgan fingerprint density at radius 3 is 2.38 bits per heavy atom. The van der Waals surface area contributed by atoms with Crippen LogP contribution in [-0.4, -0.2) is 23.5 Å². The van der Waals surface area contributed by atoms with Gasteiger partial charge < -0.3 is 10.0 Å². The number of carbonyl (C=O) groups is 2. The average Bonchev–Trinajstić information content (AvgIpc) is 2.48. The van der Waals surface area contributed by atoms with E-state index in [4.69, 9.17) is 5.11 Å². The fourth-order valence-corrected chi connectivity index (χ4v) is 2.48. The molecule has 0 unspecified atom stereocenters. The molecule has 21 heavy (non-hydrogen) atoms. The van der Waals surface area contributed by atoms with E-state index in [-0.39, 0.29) is 18.9 Å². The zero-order valence-electron chi connectivity index (χ0n) is 11.2. The molecular formula is C16H14INO3. The molecule has 2 aromatic carbocycles. The van der Waals surface area contributed by atoms with Gasteiger partial charge in [0.25, 0.3) is 5.91 Å². The summed E-state index contributed by atoms with van der Waals surface area (Å²) in [7, 11) is 0. The van der Waals surface area contributed by atoms with Crippen LogP contribution in [0.25, 0.3) is 0 Å². The predicted octanol–water partition coefficient (Wildman–Crippen LogP) is 3.41. The van der Waals surface area contributed by atoms with E-state index in [9.17, 15) is 9.59 Å². The maximum absolute atomic E-state index is 12.6. The van der Waals surface area contributed by atoms with E-state index in [1.807, 2.05) is 30.3 Å². The number of anilines is 1. The molecule has 0 radical (unpaired) electrons. The minimum absolute atomic E-state index is 0.0927. The van der Waals surface area contributed by atoms with Crippen molar-refractivity contribution < 1.29 is 14.7 Å². The van der Waals surface area contributed by atoms with Crippen molar-refractivity contribution in [3.05, 3.63) is 63.7 Å². The van der Waals surface area contributed by atoms with Gasteiger partial charge in [-0.3, -0.25) is 9.59 Å². The van der Waals surface area contributed by atoms with Crippen LogP contribution in [0.2, 0.25) is 0 Å². The third-order valence-electron chi connectivity index (χ3n) is 2.93. The molecule has 2 rings (SSSR count). The molecule has 0 saturated heterocycles. The van der Waals surface area contributed by atoms with Crippen LogP contribution in [0.3, 0.4) is 0 Å². The molecule has 1 amide bonds. The molecule has 0 aliphatic heterocycles. The number of para-hydroxylation sites is 1. The van der Waals surface area contributed by atoms with E-state index < -0.39 is 5.97 Å². The Labute approximate surface area is 136 Å². The number of amides is 1. The van der Waals surface area contributed by atoms with Crippen LogP contribution in [0.15, 0.2) is 54.6 Å². The van der Waals surface area contributed by atoms with Crippen LogP contribution >= 0.6 is 22.6 Å². The van der Waals surface area contributed by atoms with Gasteiger partial charge in [0.15, 0.2) is 0 Å². The number of hydrogen-bond donors (Lipinski definition) is 1. The molecule has 0 atom stereocenters. The molecule has 0 aliphatic carbocycles. The molecule has 5 heteroatoms. The van der Waals surface area contributed by atoms with Gasteiger partial charge in [-0.05, 0) is 52.9 Å². The van der Waals surface area contributed by atoms with Gasteiger partial charge in [0.2, 0.25) is 0 Å². The summed E-state index contributed by atoms with van der Waals surface area (Å²) in [5.41, 5.74) is 1.25. The molecule has 108 valence electrons. The van der Waals surface area contributed by atoms with Crippen molar-refractivity contribution in [2.75, 3.05) is 11.4 Å². The summed E-state index contributed by atoms with van der Waals surface area (Å²) in [6.07, 6.45) is -0.0927. The maximum Gasteiger partial charge on any atom is 0.305 e. The molecule has 0 saturated carbocycles. The topological polar surface area (TPSA) is 57.6 Å². The molecule has 0 fully saturated rings. The first kappa shape index (κ1) is 15.5. The highest BCUT2D eigenvalue weighted by molar-refractivity contribution is 14.1. The van der Waals surface area contributed by atoms with Gasteiger partial charge in [0.05, 0.1) is 6.42 Å². The normalized spacial score (nSPS) is 10.1. The second kappa shape index (κ2) is 7.21. The number of benzene rings is 2. The van der Waals surface area contributed by atoms with Crippen molar-refractivity contribution in [2.24, 2.45) is 0 Å². The second-order valence-electron chi connectivity index (χ2n) is 4.45. The lowest BCUT2D eigenvalue weighted by atomic mass is 10.1. The van der Waals surface area contributed by atoms with Gasteiger partial charge in [-0.1, -0.05) is 24.3 Å². The summed E-state index contributed by atoms with van der Waals surface area (Å²) in [6.45, 7) is 0.143. The lowest BCUT2D eigenvalue weighted by Crippen LogP contribution is -2.33. The molecule has 2 aromatic rings. The third-order valence-corrected chi connectivity index (χ3v) is 3.60. The van der Waals surface area contributed by atoms with Crippen LogP contribution in [-0.2, 0) is 4.79 Å². The van der Waals surface area contributed by atoms with Gasteiger partial charge >= 0.3 is 5.97 Å².